The first kappa shape index (κ1) is 16.6. The van der Waals surface area contributed by atoms with Crippen LogP contribution in [0.15, 0.2) is 53.6 Å². The zero-order valence-electron chi connectivity index (χ0n) is 12.9. The summed E-state index contributed by atoms with van der Waals surface area (Å²) in [5.41, 5.74) is 0.624. The Balaban J connectivity index is 2.23. The van der Waals surface area contributed by atoms with Gasteiger partial charge in [-0.05, 0) is 49.7 Å². The van der Waals surface area contributed by atoms with Gasteiger partial charge in [-0.25, -0.2) is 12.4 Å². The SMILES string of the molecule is Cc1ccc(S(=O)(=O)n2ccc3cc(C(F)(F)F)cc(C)c32)cc1. The Morgan fingerprint density at radius 1 is 0.958 bits per heavy atom. The second-order valence-electron chi connectivity index (χ2n) is 5.66. The molecule has 0 unspecified atom stereocenters. The van der Waals surface area contributed by atoms with Crippen LogP contribution in [0, 0.1) is 13.8 Å². The van der Waals surface area contributed by atoms with E-state index in [2.05, 4.69) is 0 Å². The third-order valence-electron chi connectivity index (χ3n) is 3.84. The maximum atomic E-state index is 12.9. The minimum Gasteiger partial charge on any atom is -0.241 e. The molecule has 1 aromatic heterocycles. The van der Waals surface area contributed by atoms with Crippen LogP contribution in [0.1, 0.15) is 16.7 Å². The Kier molecular flexibility index (Phi) is 3.71. The van der Waals surface area contributed by atoms with Gasteiger partial charge in [0.05, 0.1) is 16.0 Å². The van der Waals surface area contributed by atoms with E-state index in [0.29, 0.717) is 0 Å². The van der Waals surface area contributed by atoms with Crippen molar-refractivity contribution >= 4 is 20.9 Å². The Hall–Kier alpha value is -2.28. The summed E-state index contributed by atoms with van der Waals surface area (Å²) >= 11 is 0. The third kappa shape index (κ3) is 2.69. The van der Waals surface area contributed by atoms with Crippen molar-refractivity contribution in [3.8, 4) is 0 Å². The maximum Gasteiger partial charge on any atom is 0.416 e. The van der Waals surface area contributed by atoms with Crippen molar-refractivity contribution < 1.29 is 21.6 Å². The van der Waals surface area contributed by atoms with E-state index in [1.54, 1.807) is 12.1 Å². The number of aromatic nitrogens is 1. The summed E-state index contributed by atoms with van der Waals surface area (Å²) in [6.07, 6.45) is -3.19. The van der Waals surface area contributed by atoms with Crippen molar-refractivity contribution in [1.29, 1.82) is 0 Å². The number of aryl methyl sites for hydroxylation is 2. The van der Waals surface area contributed by atoms with Crippen LogP contribution < -0.4 is 0 Å². The smallest absolute Gasteiger partial charge is 0.241 e. The fourth-order valence-corrected chi connectivity index (χ4v) is 4.06. The molecule has 0 radical (unpaired) electrons. The average molecular weight is 353 g/mol. The van der Waals surface area contributed by atoms with Crippen molar-refractivity contribution in [2.24, 2.45) is 0 Å². The van der Waals surface area contributed by atoms with E-state index >= 15 is 0 Å². The van der Waals surface area contributed by atoms with E-state index in [-0.39, 0.29) is 21.4 Å². The van der Waals surface area contributed by atoms with Gasteiger partial charge in [0.1, 0.15) is 0 Å². The first-order valence-electron chi connectivity index (χ1n) is 7.12. The molecule has 3 aromatic rings. The zero-order valence-corrected chi connectivity index (χ0v) is 13.7. The summed E-state index contributed by atoms with van der Waals surface area (Å²) in [6.45, 7) is 3.31. The second-order valence-corrected chi connectivity index (χ2v) is 7.47. The van der Waals surface area contributed by atoms with Gasteiger partial charge in [0.2, 0.25) is 0 Å². The Bertz CT molecular complexity index is 1020. The van der Waals surface area contributed by atoms with E-state index < -0.39 is 21.8 Å². The standard InChI is InChI=1S/C17H14F3NO2S/c1-11-3-5-15(6-4-11)24(22,23)21-8-7-13-10-14(17(18,19)20)9-12(2)16(13)21/h3-10H,1-2H3. The molecule has 0 fully saturated rings. The molecule has 0 amide bonds. The number of halogens is 3. The first-order chi connectivity index (χ1) is 11.1. The summed E-state index contributed by atoms with van der Waals surface area (Å²) in [6, 6.07) is 9.61. The predicted molar refractivity (Wildman–Crippen MR) is 85.4 cm³/mol. The molecule has 0 aliphatic carbocycles. The first-order valence-corrected chi connectivity index (χ1v) is 8.56. The molecule has 0 aliphatic heterocycles. The molecule has 0 atom stereocenters. The highest BCUT2D eigenvalue weighted by molar-refractivity contribution is 7.90. The van der Waals surface area contributed by atoms with Crippen LogP contribution in [-0.4, -0.2) is 12.4 Å². The van der Waals surface area contributed by atoms with Crippen LogP contribution in [0.3, 0.4) is 0 Å². The predicted octanol–water partition coefficient (Wildman–Crippen LogP) is 4.51. The lowest BCUT2D eigenvalue weighted by Gasteiger charge is -2.12. The summed E-state index contributed by atoms with van der Waals surface area (Å²) in [7, 11) is -3.87. The van der Waals surface area contributed by atoms with Gasteiger partial charge in [-0.3, -0.25) is 0 Å². The number of hydrogen-bond acceptors (Lipinski definition) is 2. The lowest BCUT2D eigenvalue weighted by Crippen LogP contribution is -2.13. The van der Waals surface area contributed by atoms with Crippen molar-refractivity contribution in [3.63, 3.8) is 0 Å². The van der Waals surface area contributed by atoms with Crippen molar-refractivity contribution in [1.82, 2.24) is 3.97 Å². The largest absolute Gasteiger partial charge is 0.416 e. The molecule has 0 N–H and O–H groups in total. The molecule has 1 heterocycles. The molecular formula is C17H14F3NO2S. The zero-order chi connectivity index (χ0) is 17.7. The fourth-order valence-electron chi connectivity index (χ4n) is 2.65. The minimum atomic E-state index is -4.48. The highest BCUT2D eigenvalue weighted by Crippen LogP contribution is 2.34. The molecule has 2 aromatic carbocycles. The van der Waals surface area contributed by atoms with E-state index in [1.807, 2.05) is 6.92 Å². The van der Waals surface area contributed by atoms with Crippen LogP contribution in [0.5, 0.6) is 0 Å². The Morgan fingerprint density at radius 3 is 2.17 bits per heavy atom. The van der Waals surface area contributed by atoms with Crippen molar-refractivity contribution in [2.75, 3.05) is 0 Å². The van der Waals surface area contributed by atoms with Crippen molar-refractivity contribution in [2.45, 2.75) is 24.9 Å². The number of benzene rings is 2. The molecule has 0 saturated heterocycles. The van der Waals surface area contributed by atoms with Gasteiger partial charge in [0, 0.05) is 11.6 Å². The monoisotopic (exact) mass is 353 g/mol. The number of alkyl halides is 3. The molecular weight excluding hydrogens is 339 g/mol. The number of rotatable bonds is 2. The van der Waals surface area contributed by atoms with Crippen LogP contribution in [0.2, 0.25) is 0 Å². The number of fused-ring (bicyclic) bond motifs is 1. The molecule has 0 saturated carbocycles. The van der Waals surface area contributed by atoms with E-state index in [0.717, 1.165) is 21.7 Å². The van der Waals surface area contributed by atoms with Gasteiger partial charge >= 0.3 is 6.18 Å². The van der Waals surface area contributed by atoms with E-state index in [4.69, 9.17) is 0 Å². The summed E-state index contributed by atoms with van der Waals surface area (Å²) in [5, 5.41) is 0.234. The Morgan fingerprint density at radius 2 is 1.58 bits per heavy atom. The van der Waals surface area contributed by atoms with E-state index in [9.17, 15) is 21.6 Å². The normalized spacial score (nSPS) is 12.7. The Labute approximate surface area is 137 Å². The molecule has 7 heteroatoms. The summed E-state index contributed by atoms with van der Waals surface area (Å²) in [5.74, 6) is 0. The molecule has 0 spiro atoms. The van der Waals surface area contributed by atoms with Crippen LogP contribution in [-0.2, 0) is 16.2 Å². The molecule has 0 bridgehead atoms. The van der Waals surface area contributed by atoms with E-state index in [1.165, 1.54) is 31.3 Å². The van der Waals surface area contributed by atoms with Gasteiger partial charge in [-0.15, -0.1) is 0 Å². The quantitative estimate of drug-likeness (QED) is 0.680. The summed E-state index contributed by atoms with van der Waals surface area (Å²) < 4.78 is 65.4. The molecule has 24 heavy (non-hydrogen) atoms. The van der Waals surface area contributed by atoms with Gasteiger partial charge < -0.3 is 0 Å². The van der Waals surface area contributed by atoms with Crippen LogP contribution in [0.25, 0.3) is 10.9 Å². The topological polar surface area (TPSA) is 39.1 Å². The number of nitrogens with zero attached hydrogens (tertiary/aromatic N) is 1. The molecule has 3 rings (SSSR count). The van der Waals surface area contributed by atoms with Gasteiger partial charge in [0.25, 0.3) is 10.0 Å². The lowest BCUT2D eigenvalue weighted by atomic mass is 10.1. The average Bonchev–Trinajstić information content (AvgIpc) is 2.92. The van der Waals surface area contributed by atoms with Crippen LogP contribution >= 0.6 is 0 Å². The highest BCUT2D eigenvalue weighted by atomic mass is 32.2. The van der Waals surface area contributed by atoms with Gasteiger partial charge in [-0.2, -0.15) is 13.2 Å². The van der Waals surface area contributed by atoms with Crippen molar-refractivity contribution in [3.05, 3.63) is 65.4 Å². The van der Waals surface area contributed by atoms with Crippen LogP contribution in [0.4, 0.5) is 13.2 Å². The minimum absolute atomic E-state index is 0.0879. The molecule has 3 nitrogen and oxygen atoms in total. The summed E-state index contributed by atoms with van der Waals surface area (Å²) in [4.78, 5) is 0.0879. The molecule has 0 aliphatic rings. The maximum absolute atomic E-state index is 12.9. The van der Waals surface area contributed by atoms with Gasteiger partial charge in [0.15, 0.2) is 0 Å². The second kappa shape index (κ2) is 5.37. The lowest BCUT2D eigenvalue weighted by molar-refractivity contribution is -0.137. The number of hydrogen-bond donors (Lipinski definition) is 0. The fraction of sp³-hybridized carbons (Fsp3) is 0.176. The van der Waals surface area contributed by atoms with Gasteiger partial charge in [-0.1, -0.05) is 17.7 Å². The highest BCUT2D eigenvalue weighted by Gasteiger charge is 2.32. The third-order valence-corrected chi connectivity index (χ3v) is 5.54. The molecule has 126 valence electrons.